The quantitative estimate of drug-likeness (QED) is 0.848. The van der Waals surface area contributed by atoms with Crippen LogP contribution in [0, 0.1) is 11.6 Å². The third kappa shape index (κ3) is 2.50. The van der Waals surface area contributed by atoms with Crippen molar-refractivity contribution in [2.75, 3.05) is 13.1 Å². The summed E-state index contributed by atoms with van der Waals surface area (Å²) in [4.78, 5) is 4.13. The molecule has 1 aliphatic rings. The highest BCUT2D eigenvalue weighted by molar-refractivity contribution is 9.10. The summed E-state index contributed by atoms with van der Waals surface area (Å²) in [5, 5.41) is 3.33. The van der Waals surface area contributed by atoms with E-state index in [1.807, 2.05) is 0 Å². The van der Waals surface area contributed by atoms with Gasteiger partial charge in [-0.05, 0) is 41.4 Å². The topological polar surface area (TPSA) is 29.9 Å². The molecule has 1 aromatic heterocycles. The first kappa shape index (κ1) is 13.7. The molecule has 1 aliphatic heterocycles. The van der Waals surface area contributed by atoms with E-state index in [2.05, 4.69) is 26.2 Å². The molecule has 1 N–H and O–H groups in total. The monoisotopic (exact) mass is 341 g/mol. The Morgan fingerprint density at radius 2 is 2.15 bits per heavy atom. The molecule has 1 aromatic carbocycles. The highest BCUT2D eigenvalue weighted by Gasteiger charge is 2.21. The zero-order valence-electron chi connectivity index (χ0n) is 10.7. The molecule has 1 atom stereocenters. The second-order valence-corrected chi connectivity index (χ2v) is 5.80. The smallest absolute Gasteiger partial charge is 0.150 e. The minimum absolute atomic E-state index is 0.246. The Bertz CT molecular complexity index is 621. The van der Waals surface area contributed by atoms with Gasteiger partial charge < -0.3 is 5.32 Å². The fraction of sp³-hybridized carbons (Fsp3) is 0.357. The van der Waals surface area contributed by atoms with E-state index in [-0.39, 0.29) is 4.47 Å². The van der Waals surface area contributed by atoms with Gasteiger partial charge in [-0.3, -0.25) is 4.57 Å². The van der Waals surface area contributed by atoms with Gasteiger partial charge in [0.1, 0.15) is 11.6 Å². The molecular weight excluding hydrogens is 328 g/mol. The molecule has 1 fully saturated rings. The molecule has 0 saturated carbocycles. The van der Waals surface area contributed by atoms with Crippen LogP contribution in [0.4, 0.5) is 8.78 Å². The predicted octanol–water partition coefficient (Wildman–Crippen LogP) is 3.38. The molecule has 0 amide bonds. The van der Waals surface area contributed by atoms with E-state index in [1.165, 1.54) is 6.07 Å². The Morgan fingerprint density at radius 1 is 1.30 bits per heavy atom. The van der Waals surface area contributed by atoms with Crippen molar-refractivity contribution in [3.63, 3.8) is 0 Å². The number of hydrogen-bond donors (Lipinski definition) is 1. The van der Waals surface area contributed by atoms with Crippen molar-refractivity contribution in [1.29, 1.82) is 0 Å². The first-order valence-corrected chi connectivity index (χ1v) is 7.34. The van der Waals surface area contributed by atoms with Crippen molar-refractivity contribution in [1.82, 2.24) is 14.9 Å². The fourth-order valence-electron chi connectivity index (χ4n) is 2.61. The van der Waals surface area contributed by atoms with E-state index in [0.29, 0.717) is 11.6 Å². The van der Waals surface area contributed by atoms with E-state index < -0.39 is 11.6 Å². The molecule has 3 rings (SSSR count). The Balaban J connectivity index is 2.03. The van der Waals surface area contributed by atoms with Crippen molar-refractivity contribution in [3.8, 4) is 5.69 Å². The standard InChI is InChI=1S/C14H14BrF2N3/c15-10-4-13(12(17)5-11(10)16)20-8-19-7-14(20)9-2-1-3-18-6-9/h4-5,7-9,18H,1-3,6H2. The van der Waals surface area contributed by atoms with Crippen LogP contribution in [-0.4, -0.2) is 22.6 Å². The van der Waals surface area contributed by atoms with Crippen molar-refractivity contribution in [2.24, 2.45) is 0 Å². The van der Waals surface area contributed by atoms with E-state index in [4.69, 9.17) is 0 Å². The summed E-state index contributed by atoms with van der Waals surface area (Å²) in [6.07, 6.45) is 5.47. The Hall–Kier alpha value is -1.27. The Labute approximate surface area is 124 Å². The molecule has 3 nitrogen and oxygen atoms in total. The molecule has 2 heterocycles. The van der Waals surface area contributed by atoms with Gasteiger partial charge in [-0.2, -0.15) is 0 Å². The summed E-state index contributed by atoms with van der Waals surface area (Å²) in [6.45, 7) is 1.87. The number of imidazole rings is 1. The maximum Gasteiger partial charge on any atom is 0.150 e. The second kappa shape index (κ2) is 5.61. The minimum Gasteiger partial charge on any atom is -0.316 e. The maximum absolute atomic E-state index is 14.0. The molecule has 0 bridgehead atoms. The molecule has 2 aromatic rings. The molecule has 0 radical (unpaired) electrons. The number of nitrogens with one attached hydrogen (secondary N) is 1. The lowest BCUT2D eigenvalue weighted by atomic mass is 9.96. The van der Waals surface area contributed by atoms with Gasteiger partial charge in [0, 0.05) is 30.4 Å². The zero-order valence-corrected chi connectivity index (χ0v) is 12.3. The summed E-state index contributed by atoms with van der Waals surface area (Å²) in [6, 6.07) is 2.34. The lowest BCUT2D eigenvalue weighted by molar-refractivity contribution is 0.449. The zero-order chi connectivity index (χ0) is 14.1. The van der Waals surface area contributed by atoms with Crippen molar-refractivity contribution in [2.45, 2.75) is 18.8 Å². The highest BCUT2D eigenvalue weighted by atomic mass is 79.9. The summed E-state index contributed by atoms with van der Waals surface area (Å²) in [7, 11) is 0. The number of nitrogens with zero attached hydrogens (tertiary/aromatic N) is 2. The highest BCUT2D eigenvalue weighted by Crippen LogP contribution is 2.28. The van der Waals surface area contributed by atoms with Crippen LogP contribution >= 0.6 is 15.9 Å². The van der Waals surface area contributed by atoms with Gasteiger partial charge in [0.15, 0.2) is 0 Å². The molecular formula is C14H14BrF2N3. The van der Waals surface area contributed by atoms with Crippen LogP contribution in [0.2, 0.25) is 0 Å². The van der Waals surface area contributed by atoms with Gasteiger partial charge >= 0.3 is 0 Å². The molecule has 6 heteroatoms. The van der Waals surface area contributed by atoms with E-state index in [1.54, 1.807) is 17.1 Å². The van der Waals surface area contributed by atoms with Crippen molar-refractivity contribution >= 4 is 15.9 Å². The van der Waals surface area contributed by atoms with E-state index in [9.17, 15) is 8.78 Å². The van der Waals surface area contributed by atoms with Gasteiger partial charge in [-0.1, -0.05) is 0 Å². The number of aromatic nitrogens is 2. The van der Waals surface area contributed by atoms with Crippen LogP contribution in [-0.2, 0) is 0 Å². The van der Waals surface area contributed by atoms with Gasteiger partial charge in [-0.15, -0.1) is 0 Å². The van der Waals surface area contributed by atoms with Crippen molar-refractivity contribution in [3.05, 3.63) is 46.5 Å². The normalized spacial score (nSPS) is 19.2. The molecule has 1 unspecified atom stereocenters. The van der Waals surface area contributed by atoms with Crippen LogP contribution in [0.1, 0.15) is 24.5 Å². The van der Waals surface area contributed by atoms with Gasteiger partial charge in [-0.25, -0.2) is 13.8 Å². The number of benzene rings is 1. The Morgan fingerprint density at radius 3 is 2.90 bits per heavy atom. The average molecular weight is 342 g/mol. The van der Waals surface area contributed by atoms with Crippen LogP contribution in [0.5, 0.6) is 0 Å². The summed E-state index contributed by atoms with van der Waals surface area (Å²) in [5.74, 6) is -0.893. The van der Waals surface area contributed by atoms with Crippen LogP contribution in [0.3, 0.4) is 0 Å². The number of piperidine rings is 1. The lowest BCUT2D eigenvalue weighted by Gasteiger charge is -2.24. The first-order chi connectivity index (χ1) is 9.66. The largest absolute Gasteiger partial charge is 0.316 e. The number of rotatable bonds is 2. The fourth-order valence-corrected chi connectivity index (χ4v) is 2.94. The third-order valence-corrected chi connectivity index (χ3v) is 4.24. The number of halogens is 3. The van der Waals surface area contributed by atoms with E-state index >= 15 is 0 Å². The molecule has 1 saturated heterocycles. The van der Waals surface area contributed by atoms with Crippen molar-refractivity contribution < 1.29 is 8.78 Å². The minimum atomic E-state index is -0.604. The first-order valence-electron chi connectivity index (χ1n) is 6.54. The van der Waals surface area contributed by atoms with Gasteiger partial charge in [0.2, 0.25) is 0 Å². The van der Waals surface area contributed by atoms with Crippen LogP contribution in [0.15, 0.2) is 29.1 Å². The average Bonchev–Trinajstić information content (AvgIpc) is 2.93. The van der Waals surface area contributed by atoms with Crippen LogP contribution < -0.4 is 5.32 Å². The molecule has 0 spiro atoms. The molecule has 106 valence electrons. The second-order valence-electron chi connectivity index (χ2n) is 4.95. The summed E-state index contributed by atoms with van der Waals surface area (Å²) >= 11 is 3.10. The molecule has 0 aliphatic carbocycles. The predicted molar refractivity (Wildman–Crippen MR) is 76.0 cm³/mol. The Kier molecular flexibility index (Phi) is 3.85. The van der Waals surface area contributed by atoms with Gasteiger partial charge in [0.05, 0.1) is 16.5 Å². The number of hydrogen-bond acceptors (Lipinski definition) is 2. The summed E-state index contributed by atoms with van der Waals surface area (Å²) < 4.78 is 29.3. The third-order valence-electron chi connectivity index (χ3n) is 3.63. The maximum atomic E-state index is 14.0. The summed E-state index contributed by atoms with van der Waals surface area (Å²) in [5.41, 5.74) is 1.27. The SMILES string of the molecule is Fc1cc(F)c(-n2cncc2C2CCCNC2)cc1Br. The van der Waals surface area contributed by atoms with E-state index in [0.717, 1.165) is 37.7 Å². The van der Waals surface area contributed by atoms with Crippen LogP contribution in [0.25, 0.3) is 5.69 Å². The molecule has 20 heavy (non-hydrogen) atoms. The lowest BCUT2D eigenvalue weighted by Crippen LogP contribution is -2.29. The van der Waals surface area contributed by atoms with Gasteiger partial charge in [0.25, 0.3) is 0 Å².